The van der Waals surface area contributed by atoms with Gasteiger partial charge in [0.05, 0.1) is 16.9 Å². The smallest absolute Gasteiger partial charge is 0.126 e. The van der Waals surface area contributed by atoms with Gasteiger partial charge in [0.15, 0.2) is 0 Å². The van der Waals surface area contributed by atoms with Gasteiger partial charge in [0, 0.05) is 36.7 Å². The van der Waals surface area contributed by atoms with Crippen LogP contribution in [0.3, 0.4) is 0 Å². The SMILES string of the molecule is Cc1nc(CCc2nc(-c3ccccc3)cn2C)c2ccc(F)cc2n1. The minimum Gasteiger partial charge on any atom is -0.337 e. The summed E-state index contributed by atoms with van der Waals surface area (Å²) in [5.41, 5.74) is 3.65. The predicted octanol–water partition coefficient (Wildman–Crippen LogP) is 4.26. The van der Waals surface area contributed by atoms with Crippen LogP contribution in [-0.4, -0.2) is 19.5 Å². The topological polar surface area (TPSA) is 43.6 Å². The molecule has 0 amide bonds. The lowest BCUT2D eigenvalue weighted by molar-refractivity contribution is 0.629. The predicted molar refractivity (Wildman–Crippen MR) is 100 cm³/mol. The van der Waals surface area contributed by atoms with Crippen molar-refractivity contribution >= 4 is 10.9 Å². The third-order valence-corrected chi connectivity index (χ3v) is 4.48. The molecule has 5 heteroatoms. The second kappa shape index (κ2) is 6.67. The van der Waals surface area contributed by atoms with Crippen molar-refractivity contribution in [2.45, 2.75) is 19.8 Å². The van der Waals surface area contributed by atoms with Gasteiger partial charge in [-0.05, 0) is 25.5 Å². The van der Waals surface area contributed by atoms with Gasteiger partial charge < -0.3 is 4.57 Å². The molecule has 0 saturated heterocycles. The number of aromatic nitrogens is 4. The highest BCUT2D eigenvalue weighted by atomic mass is 19.1. The summed E-state index contributed by atoms with van der Waals surface area (Å²) in [6.07, 6.45) is 3.53. The lowest BCUT2D eigenvalue weighted by Crippen LogP contribution is -2.04. The molecular weight excluding hydrogens is 327 g/mol. The summed E-state index contributed by atoms with van der Waals surface area (Å²) in [6, 6.07) is 14.8. The maximum Gasteiger partial charge on any atom is 0.126 e. The van der Waals surface area contributed by atoms with Crippen LogP contribution < -0.4 is 0 Å². The van der Waals surface area contributed by atoms with Crippen molar-refractivity contribution in [3.8, 4) is 11.3 Å². The fraction of sp³-hybridized carbons (Fsp3) is 0.190. The highest BCUT2D eigenvalue weighted by molar-refractivity contribution is 5.81. The Bertz CT molecular complexity index is 1070. The van der Waals surface area contributed by atoms with Crippen LogP contribution in [0.15, 0.2) is 54.7 Å². The van der Waals surface area contributed by atoms with Crippen LogP contribution >= 0.6 is 0 Å². The van der Waals surface area contributed by atoms with E-state index in [-0.39, 0.29) is 5.82 Å². The van der Waals surface area contributed by atoms with Crippen LogP contribution in [0.5, 0.6) is 0 Å². The Balaban J connectivity index is 1.62. The zero-order chi connectivity index (χ0) is 18.1. The van der Waals surface area contributed by atoms with E-state index in [1.54, 1.807) is 6.07 Å². The molecule has 0 fully saturated rings. The van der Waals surface area contributed by atoms with Crippen molar-refractivity contribution in [1.29, 1.82) is 0 Å². The van der Waals surface area contributed by atoms with Gasteiger partial charge in [0.2, 0.25) is 0 Å². The third-order valence-electron chi connectivity index (χ3n) is 4.48. The van der Waals surface area contributed by atoms with E-state index < -0.39 is 0 Å². The van der Waals surface area contributed by atoms with Crippen LogP contribution in [0.25, 0.3) is 22.2 Å². The molecule has 0 N–H and O–H groups in total. The van der Waals surface area contributed by atoms with E-state index in [1.165, 1.54) is 12.1 Å². The number of aryl methyl sites for hydroxylation is 4. The standard InChI is InChI=1S/C21H19FN4/c1-14-23-18(17-9-8-16(22)12-19(17)24-14)10-11-21-25-20(13-26(21)2)15-6-4-3-5-7-15/h3-9,12-13H,10-11H2,1-2H3. The first kappa shape index (κ1) is 16.4. The molecule has 26 heavy (non-hydrogen) atoms. The summed E-state index contributed by atoms with van der Waals surface area (Å²) in [5, 5.41) is 0.898. The molecule has 4 aromatic rings. The van der Waals surface area contributed by atoms with Gasteiger partial charge in [0.1, 0.15) is 17.5 Å². The summed E-state index contributed by atoms with van der Waals surface area (Å²) in [7, 11) is 2.01. The Morgan fingerprint density at radius 3 is 2.58 bits per heavy atom. The van der Waals surface area contributed by atoms with Crippen molar-refractivity contribution < 1.29 is 4.39 Å². The maximum absolute atomic E-state index is 13.5. The largest absolute Gasteiger partial charge is 0.337 e. The van der Waals surface area contributed by atoms with Crippen molar-refractivity contribution in [1.82, 2.24) is 19.5 Å². The maximum atomic E-state index is 13.5. The summed E-state index contributed by atoms with van der Waals surface area (Å²) in [4.78, 5) is 13.7. The molecular formula is C21H19FN4. The Labute approximate surface area is 151 Å². The van der Waals surface area contributed by atoms with E-state index in [0.29, 0.717) is 11.3 Å². The lowest BCUT2D eigenvalue weighted by atomic mass is 10.1. The Hall–Kier alpha value is -3.08. The minimum absolute atomic E-state index is 0.279. The molecule has 0 bridgehead atoms. The zero-order valence-electron chi connectivity index (χ0n) is 14.8. The van der Waals surface area contributed by atoms with E-state index >= 15 is 0 Å². The lowest BCUT2D eigenvalue weighted by Gasteiger charge is -2.07. The Morgan fingerprint density at radius 2 is 1.77 bits per heavy atom. The first-order valence-corrected chi connectivity index (χ1v) is 8.60. The van der Waals surface area contributed by atoms with Gasteiger partial charge in [0.25, 0.3) is 0 Å². The number of fused-ring (bicyclic) bond motifs is 1. The summed E-state index contributed by atoms with van der Waals surface area (Å²) in [5.74, 6) is 1.37. The van der Waals surface area contributed by atoms with Gasteiger partial charge in [-0.2, -0.15) is 0 Å². The van der Waals surface area contributed by atoms with Crippen molar-refractivity contribution in [3.05, 3.63) is 77.9 Å². The van der Waals surface area contributed by atoms with Gasteiger partial charge in [-0.1, -0.05) is 30.3 Å². The van der Waals surface area contributed by atoms with Crippen molar-refractivity contribution in [2.24, 2.45) is 7.05 Å². The van der Waals surface area contributed by atoms with E-state index in [0.717, 1.165) is 41.0 Å². The first-order valence-electron chi connectivity index (χ1n) is 8.60. The van der Waals surface area contributed by atoms with Gasteiger partial charge in [-0.25, -0.2) is 19.3 Å². The minimum atomic E-state index is -0.279. The zero-order valence-corrected chi connectivity index (χ0v) is 14.8. The second-order valence-corrected chi connectivity index (χ2v) is 6.40. The Morgan fingerprint density at radius 1 is 0.962 bits per heavy atom. The van der Waals surface area contributed by atoms with E-state index in [4.69, 9.17) is 4.98 Å². The summed E-state index contributed by atoms with van der Waals surface area (Å²) in [6.45, 7) is 1.84. The molecule has 0 aliphatic carbocycles. The molecule has 2 aromatic heterocycles. The quantitative estimate of drug-likeness (QED) is 0.554. The summed E-state index contributed by atoms with van der Waals surface area (Å²) < 4.78 is 15.5. The summed E-state index contributed by atoms with van der Waals surface area (Å²) >= 11 is 0. The number of imidazole rings is 1. The van der Waals surface area contributed by atoms with E-state index in [9.17, 15) is 4.39 Å². The Kier molecular flexibility index (Phi) is 4.21. The molecule has 2 aromatic carbocycles. The highest BCUT2D eigenvalue weighted by Crippen LogP contribution is 2.21. The average Bonchev–Trinajstić information content (AvgIpc) is 3.00. The molecule has 4 nitrogen and oxygen atoms in total. The number of rotatable bonds is 4. The second-order valence-electron chi connectivity index (χ2n) is 6.40. The normalized spacial score (nSPS) is 11.2. The molecule has 0 aliphatic rings. The molecule has 2 heterocycles. The molecule has 0 aliphatic heterocycles. The fourth-order valence-electron chi connectivity index (χ4n) is 3.20. The number of hydrogen-bond donors (Lipinski definition) is 0. The number of nitrogens with zero attached hydrogens (tertiary/aromatic N) is 4. The molecule has 0 radical (unpaired) electrons. The molecule has 4 rings (SSSR count). The van der Waals surface area contributed by atoms with Crippen molar-refractivity contribution in [3.63, 3.8) is 0 Å². The number of benzene rings is 2. The van der Waals surface area contributed by atoms with Crippen LogP contribution in [0.1, 0.15) is 17.3 Å². The average molecular weight is 346 g/mol. The van der Waals surface area contributed by atoms with Crippen LogP contribution in [0.4, 0.5) is 4.39 Å². The number of halogens is 1. The van der Waals surface area contributed by atoms with Gasteiger partial charge >= 0.3 is 0 Å². The van der Waals surface area contributed by atoms with Gasteiger partial charge in [-0.3, -0.25) is 0 Å². The van der Waals surface area contributed by atoms with Gasteiger partial charge in [-0.15, -0.1) is 0 Å². The third kappa shape index (κ3) is 3.20. The van der Waals surface area contributed by atoms with Crippen molar-refractivity contribution in [2.75, 3.05) is 0 Å². The molecule has 0 atom stereocenters. The monoisotopic (exact) mass is 346 g/mol. The molecule has 0 spiro atoms. The molecule has 0 unspecified atom stereocenters. The first-order chi connectivity index (χ1) is 12.6. The van der Waals surface area contributed by atoms with E-state index in [1.807, 2.05) is 38.4 Å². The van der Waals surface area contributed by atoms with Crippen LogP contribution in [0.2, 0.25) is 0 Å². The molecule has 130 valence electrons. The molecule has 0 saturated carbocycles. The van der Waals surface area contributed by atoms with E-state index in [2.05, 4.69) is 26.7 Å². The highest BCUT2D eigenvalue weighted by Gasteiger charge is 2.11. The fourth-order valence-corrected chi connectivity index (χ4v) is 3.20. The van der Waals surface area contributed by atoms with Crippen LogP contribution in [-0.2, 0) is 19.9 Å². The van der Waals surface area contributed by atoms with Crippen LogP contribution in [0, 0.1) is 12.7 Å². The number of hydrogen-bond acceptors (Lipinski definition) is 3.